The van der Waals surface area contributed by atoms with Crippen LogP contribution in [0.2, 0.25) is 0 Å². The van der Waals surface area contributed by atoms with Gasteiger partial charge < -0.3 is 10.1 Å². The minimum Gasteiger partial charge on any atom is -0.496 e. The third-order valence-corrected chi connectivity index (χ3v) is 2.36. The van der Waals surface area contributed by atoms with Gasteiger partial charge in [-0.1, -0.05) is 12.7 Å². The molecule has 0 aliphatic carbocycles. The van der Waals surface area contributed by atoms with Crippen LogP contribution < -0.4 is 10.1 Å². The van der Waals surface area contributed by atoms with Crippen LogP contribution in [0.1, 0.15) is 21.5 Å². The molecule has 0 bridgehead atoms. The summed E-state index contributed by atoms with van der Waals surface area (Å²) in [6.07, 6.45) is 1.69. The first-order valence-electron chi connectivity index (χ1n) is 4.38. The molecule has 0 spiro atoms. The van der Waals surface area contributed by atoms with Gasteiger partial charge >= 0.3 is 0 Å². The van der Waals surface area contributed by atoms with Gasteiger partial charge in [0.2, 0.25) is 0 Å². The summed E-state index contributed by atoms with van der Waals surface area (Å²) in [4.78, 5) is 11.3. The van der Waals surface area contributed by atoms with Crippen LogP contribution in [0.4, 0.5) is 0 Å². The molecule has 0 fully saturated rings. The first-order chi connectivity index (χ1) is 6.76. The lowest BCUT2D eigenvalue weighted by Gasteiger charge is -2.06. The molecule has 1 aliphatic rings. The number of fused-ring (bicyclic) bond motifs is 1. The predicted octanol–water partition coefficient (Wildman–Crippen LogP) is 1.58. The maximum absolute atomic E-state index is 11.3. The van der Waals surface area contributed by atoms with Crippen molar-refractivity contribution in [3.05, 3.63) is 35.4 Å². The van der Waals surface area contributed by atoms with E-state index in [1.54, 1.807) is 13.2 Å². The molecule has 1 heterocycles. The number of hydrogen-bond acceptors (Lipinski definition) is 2. The molecule has 0 saturated carbocycles. The summed E-state index contributed by atoms with van der Waals surface area (Å²) in [5.74, 6) is 0.737. The minimum atomic E-state index is -0.0225. The van der Waals surface area contributed by atoms with Crippen LogP contribution in [0.25, 0.3) is 6.08 Å². The van der Waals surface area contributed by atoms with Crippen LogP contribution in [0, 0.1) is 0 Å². The SMILES string of the molecule is C=Cc1cc2c(cc1OC)CNC2=O. The Bertz CT molecular complexity index is 409. The van der Waals surface area contributed by atoms with Crippen molar-refractivity contribution in [1.82, 2.24) is 5.32 Å². The molecular weight excluding hydrogens is 178 g/mol. The number of amides is 1. The van der Waals surface area contributed by atoms with Crippen molar-refractivity contribution in [2.75, 3.05) is 7.11 Å². The van der Waals surface area contributed by atoms with E-state index in [-0.39, 0.29) is 5.91 Å². The molecule has 0 saturated heterocycles. The summed E-state index contributed by atoms with van der Waals surface area (Å²) >= 11 is 0. The Balaban J connectivity index is 2.60. The lowest BCUT2D eigenvalue weighted by Crippen LogP contribution is -2.12. The number of ether oxygens (including phenoxy) is 1. The average Bonchev–Trinajstić information content (AvgIpc) is 2.58. The molecule has 14 heavy (non-hydrogen) atoms. The fourth-order valence-corrected chi connectivity index (χ4v) is 1.60. The lowest BCUT2D eigenvalue weighted by atomic mass is 10.0. The van der Waals surface area contributed by atoms with Crippen molar-refractivity contribution in [1.29, 1.82) is 0 Å². The molecule has 0 aromatic heterocycles. The van der Waals surface area contributed by atoms with E-state index in [9.17, 15) is 4.79 Å². The number of carbonyl (C=O) groups excluding carboxylic acids is 1. The minimum absolute atomic E-state index is 0.0225. The fourth-order valence-electron chi connectivity index (χ4n) is 1.60. The van der Waals surface area contributed by atoms with E-state index in [1.807, 2.05) is 12.1 Å². The van der Waals surface area contributed by atoms with E-state index in [2.05, 4.69) is 11.9 Å². The molecule has 3 heteroatoms. The standard InChI is InChI=1S/C11H11NO2/c1-3-7-4-9-8(5-10(7)14-2)6-12-11(9)13/h3-5H,1,6H2,2H3,(H,12,13). The van der Waals surface area contributed by atoms with Crippen LogP contribution in [-0.2, 0) is 6.54 Å². The van der Waals surface area contributed by atoms with Gasteiger partial charge in [0.05, 0.1) is 7.11 Å². The maximum atomic E-state index is 11.3. The van der Waals surface area contributed by atoms with E-state index in [1.165, 1.54) is 0 Å². The molecule has 0 unspecified atom stereocenters. The third kappa shape index (κ3) is 1.18. The zero-order chi connectivity index (χ0) is 10.1. The Kier molecular flexibility index (Phi) is 2.00. The molecule has 1 aliphatic heterocycles. The second-order valence-electron chi connectivity index (χ2n) is 3.14. The Morgan fingerprint density at radius 3 is 3.00 bits per heavy atom. The van der Waals surface area contributed by atoms with Crippen molar-refractivity contribution >= 4 is 12.0 Å². The van der Waals surface area contributed by atoms with Crippen LogP contribution in [0.3, 0.4) is 0 Å². The smallest absolute Gasteiger partial charge is 0.251 e. The fraction of sp³-hybridized carbons (Fsp3) is 0.182. The number of nitrogens with one attached hydrogen (secondary N) is 1. The van der Waals surface area contributed by atoms with Crippen molar-refractivity contribution in [3.63, 3.8) is 0 Å². The molecule has 1 aromatic rings. The van der Waals surface area contributed by atoms with Gasteiger partial charge in [-0.05, 0) is 17.7 Å². The quantitative estimate of drug-likeness (QED) is 0.767. The number of benzene rings is 1. The summed E-state index contributed by atoms with van der Waals surface area (Å²) in [6, 6.07) is 3.69. The molecule has 1 aromatic carbocycles. The summed E-state index contributed by atoms with van der Waals surface area (Å²) in [5, 5.41) is 2.76. The third-order valence-electron chi connectivity index (χ3n) is 2.36. The number of rotatable bonds is 2. The molecule has 0 atom stereocenters. The van der Waals surface area contributed by atoms with Gasteiger partial charge in [-0.15, -0.1) is 0 Å². The molecule has 1 amide bonds. The van der Waals surface area contributed by atoms with Crippen LogP contribution in [0.15, 0.2) is 18.7 Å². The molecule has 2 rings (SSSR count). The van der Waals surface area contributed by atoms with Crippen molar-refractivity contribution < 1.29 is 9.53 Å². The van der Waals surface area contributed by atoms with Gasteiger partial charge in [-0.25, -0.2) is 0 Å². The highest BCUT2D eigenvalue weighted by Crippen LogP contribution is 2.27. The second-order valence-corrected chi connectivity index (χ2v) is 3.14. The van der Waals surface area contributed by atoms with E-state index < -0.39 is 0 Å². The van der Waals surface area contributed by atoms with E-state index in [0.29, 0.717) is 6.54 Å². The Morgan fingerprint density at radius 2 is 2.36 bits per heavy atom. The van der Waals surface area contributed by atoms with E-state index >= 15 is 0 Å². The highest BCUT2D eigenvalue weighted by atomic mass is 16.5. The summed E-state index contributed by atoms with van der Waals surface area (Å²) in [5.41, 5.74) is 2.56. The number of methoxy groups -OCH3 is 1. The zero-order valence-corrected chi connectivity index (χ0v) is 7.96. The number of hydrogen-bond donors (Lipinski definition) is 1. The first-order valence-corrected chi connectivity index (χ1v) is 4.38. The Morgan fingerprint density at radius 1 is 1.57 bits per heavy atom. The molecule has 1 N–H and O–H groups in total. The Hall–Kier alpha value is -1.77. The van der Waals surface area contributed by atoms with Gasteiger partial charge in [0.25, 0.3) is 5.91 Å². The molecule has 72 valence electrons. The maximum Gasteiger partial charge on any atom is 0.251 e. The van der Waals surface area contributed by atoms with Crippen molar-refractivity contribution in [2.45, 2.75) is 6.54 Å². The molecule has 0 radical (unpaired) electrons. The highest BCUT2D eigenvalue weighted by molar-refractivity contribution is 5.99. The van der Waals surface area contributed by atoms with Crippen LogP contribution >= 0.6 is 0 Å². The monoisotopic (exact) mass is 189 g/mol. The van der Waals surface area contributed by atoms with E-state index in [4.69, 9.17) is 4.74 Å². The Labute approximate surface area is 82.4 Å². The van der Waals surface area contributed by atoms with Gasteiger partial charge in [0.15, 0.2) is 0 Å². The van der Waals surface area contributed by atoms with Gasteiger partial charge in [-0.2, -0.15) is 0 Å². The van der Waals surface area contributed by atoms with E-state index in [0.717, 1.165) is 22.4 Å². The van der Waals surface area contributed by atoms with Gasteiger partial charge in [0.1, 0.15) is 5.75 Å². The van der Waals surface area contributed by atoms with Gasteiger partial charge in [-0.3, -0.25) is 4.79 Å². The van der Waals surface area contributed by atoms with Crippen molar-refractivity contribution in [3.8, 4) is 5.75 Å². The van der Waals surface area contributed by atoms with Gasteiger partial charge in [0, 0.05) is 17.7 Å². The summed E-state index contributed by atoms with van der Waals surface area (Å²) in [6.45, 7) is 4.26. The van der Waals surface area contributed by atoms with Crippen LogP contribution in [-0.4, -0.2) is 13.0 Å². The topological polar surface area (TPSA) is 38.3 Å². The summed E-state index contributed by atoms with van der Waals surface area (Å²) < 4.78 is 5.19. The first kappa shape index (κ1) is 8.81. The highest BCUT2D eigenvalue weighted by Gasteiger charge is 2.20. The zero-order valence-electron chi connectivity index (χ0n) is 7.96. The summed E-state index contributed by atoms with van der Waals surface area (Å²) in [7, 11) is 1.61. The van der Waals surface area contributed by atoms with Crippen molar-refractivity contribution in [2.24, 2.45) is 0 Å². The normalized spacial score (nSPS) is 13.4. The molecular formula is C11H11NO2. The molecule has 3 nitrogen and oxygen atoms in total. The largest absolute Gasteiger partial charge is 0.496 e. The second kappa shape index (κ2) is 3.18. The average molecular weight is 189 g/mol. The lowest BCUT2D eigenvalue weighted by molar-refractivity contribution is 0.0966. The number of carbonyl (C=O) groups is 1. The van der Waals surface area contributed by atoms with Crippen LogP contribution in [0.5, 0.6) is 5.75 Å². The predicted molar refractivity (Wildman–Crippen MR) is 54.3 cm³/mol.